The lowest BCUT2D eigenvalue weighted by Gasteiger charge is -2.23. The lowest BCUT2D eigenvalue weighted by atomic mass is 10.2. The van der Waals surface area contributed by atoms with Crippen molar-refractivity contribution in [1.82, 2.24) is 9.47 Å². The van der Waals surface area contributed by atoms with Crippen LogP contribution in [0, 0.1) is 0 Å². The average molecular weight is 434 g/mol. The number of aromatic amines is 1. The summed E-state index contributed by atoms with van der Waals surface area (Å²) in [5.41, 5.74) is 3.39. The number of fused-ring (bicyclic) bond motifs is 1. The molecule has 32 heavy (non-hydrogen) atoms. The molecule has 3 aromatic carbocycles. The van der Waals surface area contributed by atoms with Crippen molar-refractivity contribution in [2.24, 2.45) is 0 Å². The molecule has 1 N–H and O–H groups in total. The smallest absolute Gasteiger partial charge is 0.338 e. The fourth-order valence-electron chi connectivity index (χ4n) is 3.21. The van der Waals surface area contributed by atoms with E-state index in [1.807, 2.05) is 72.8 Å². The Balaban J connectivity index is 0.00000181. The van der Waals surface area contributed by atoms with Gasteiger partial charge >= 0.3 is 5.97 Å². The molecule has 1 aromatic heterocycles. The summed E-state index contributed by atoms with van der Waals surface area (Å²) in [6, 6.07) is 25.0. The largest absolute Gasteiger partial charge is 0.457 e. The summed E-state index contributed by atoms with van der Waals surface area (Å²) in [7, 11) is 6.18. The van der Waals surface area contributed by atoms with E-state index in [1.54, 1.807) is 6.07 Å². The Kier molecular flexibility index (Phi) is 7.84. The van der Waals surface area contributed by atoms with E-state index >= 15 is 0 Å². The zero-order valence-corrected chi connectivity index (χ0v) is 17.4. The topological polar surface area (TPSA) is 51.3 Å². The van der Waals surface area contributed by atoms with Crippen LogP contribution in [0.1, 0.15) is 30.9 Å². The van der Waals surface area contributed by atoms with E-state index in [4.69, 9.17) is 9.47 Å². The van der Waals surface area contributed by atoms with Crippen LogP contribution < -0.4 is 9.22 Å². The molecule has 0 saturated carbocycles. The third-order valence-corrected chi connectivity index (χ3v) is 4.84. The second kappa shape index (κ2) is 10.2. The van der Waals surface area contributed by atoms with E-state index in [0.29, 0.717) is 10.0 Å². The van der Waals surface area contributed by atoms with Crippen LogP contribution in [0.4, 0.5) is 5.69 Å². The Morgan fingerprint density at radius 2 is 1.59 bits per heavy atom. The van der Waals surface area contributed by atoms with Crippen molar-refractivity contribution in [2.45, 2.75) is 21.5 Å². The van der Waals surface area contributed by atoms with Gasteiger partial charge in [-0.05, 0) is 48.5 Å². The van der Waals surface area contributed by atoms with Crippen molar-refractivity contribution >= 4 is 22.6 Å². The summed E-state index contributed by atoms with van der Waals surface area (Å²) in [5.74, 6) is 1.21. The SMILES string of the molecule is C.C.C[N+](C)(C)c1cccc(C(=O)OCc2cc3cc(Oc4ccccc4)ccc3[nH]2)c1. The number of para-hydroxylation sites is 1. The molecule has 0 unspecified atom stereocenters. The molecular formula is C27H33N2O3+. The first kappa shape index (κ1) is 24.7. The lowest BCUT2D eigenvalue weighted by Crippen LogP contribution is -2.34. The fourth-order valence-corrected chi connectivity index (χ4v) is 3.21. The maximum absolute atomic E-state index is 12.5. The predicted molar refractivity (Wildman–Crippen MR) is 133 cm³/mol. The maximum atomic E-state index is 12.5. The number of H-pyrrole nitrogens is 1. The number of hydrogen-bond donors (Lipinski definition) is 1. The van der Waals surface area contributed by atoms with Crippen LogP contribution in [-0.2, 0) is 11.3 Å². The lowest BCUT2D eigenvalue weighted by molar-refractivity contribution is 0.0468. The third kappa shape index (κ3) is 5.77. The second-order valence-electron chi connectivity index (χ2n) is 8.10. The van der Waals surface area contributed by atoms with Crippen LogP contribution in [-0.4, -0.2) is 32.1 Å². The van der Waals surface area contributed by atoms with Gasteiger partial charge in [-0.15, -0.1) is 0 Å². The molecule has 0 radical (unpaired) electrons. The number of benzene rings is 3. The molecule has 5 nitrogen and oxygen atoms in total. The zero-order valence-electron chi connectivity index (χ0n) is 17.4. The van der Waals surface area contributed by atoms with Gasteiger partial charge in [-0.25, -0.2) is 4.79 Å². The van der Waals surface area contributed by atoms with Gasteiger partial charge in [0.05, 0.1) is 32.4 Å². The Morgan fingerprint density at radius 3 is 2.31 bits per heavy atom. The number of nitrogens with zero attached hydrogens (tertiary/aromatic N) is 1. The van der Waals surface area contributed by atoms with E-state index in [9.17, 15) is 4.79 Å². The van der Waals surface area contributed by atoms with E-state index in [-0.39, 0.29) is 27.4 Å². The molecule has 0 aliphatic carbocycles. The number of hydrogen-bond acceptors (Lipinski definition) is 3. The van der Waals surface area contributed by atoms with Crippen LogP contribution in [0.25, 0.3) is 10.9 Å². The number of rotatable bonds is 6. The summed E-state index contributed by atoms with van der Waals surface area (Å²) < 4.78 is 12.1. The molecule has 0 spiro atoms. The minimum atomic E-state index is -0.336. The summed E-state index contributed by atoms with van der Waals surface area (Å²) in [6.07, 6.45) is 0. The molecule has 0 aliphatic heterocycles. The van der Waals surface area contributed by atoms with Crippen molar-refractivity contribution in [3.05, 3.63) is 90.1 Å². The highest BCUT2D eigenvalue weighted by atomic mass is 16.5. The monoisotopic (exact) mass is 433 g/mol. The van der Waals surface area contributed by atoms with Crippen LogP contribution in [0.15, 0.2) is 78.9 Å². The average Bonchev–Trinajstić information content (AvgIpc) is 3.14. The fraction of sp³-hybridized carbons (Fsp3) is 0.222. The van der Waals surface area contributed by atoms with E-state index in [1.165, 1.54) is 0 Å². The van der Waals surface area contributed by atoms with Gasteiger partial charge in [0.1, 0.15) is 23.8 Å². The summed E-state index contributed by atoms with van der Waals surface area (Å²) >= 11 is 0. The zero-order chi connectivity index (χ0) is 21.1. The molecule has 4 rings (SSSR count). The molecule has 0 saturated heterocycles. The number of aromatic nitrogens is 1. The van der Waals surface area contributed by atoms with Gasteiger partial charge < -0.3 is 14.5 Å². The molecular weight excluding hydrogens is 400 g/mol. The highest BCUT2D eigenvalue weighted by Crippen LogP contribution is 2.26. The van der Waals surface area contributed by atoms with Gasteiger partial charge in [0, 0.05) is 17.0 Å². The summed E-state index contributed by atoms with van der Waals surface area (Å²) in [4.78, 5) is 15.8. The predicted octanol–water partition coefficient (Wildman–Crippen LogP) is 6.79. The van der Waals surface area contributed by atoms with Crippen LogP contribution in [0.5, 0.6) is 11.5 Å². The van der Waals surface area contributed by atoms with Gasteiger partial charge in [-0.1, -0.05) is 39.1 Å². The standard InChI is InChI=1S/C25H25N2O3.2CH4/c1-27(2,3)21-9-7-8-18(15-21)25(28)29-17-20-14-19-16-23(12-13-24(19)26-20)30-22-10-5-4-6-11-22;;/h4-16,26H,17H2,1-3H3;2*1H4/q+1;;. The van der Waals surface area contributed by atoms with Gasteiger partial charge in [0.15, 0.2) is 0 Å². The number of nitrogens with one attached hydrogen (secondary N) is 1. The van der Waals surface area contributed by atoms with E-state index in [2.05, 4.69) is 26.1 Å². The Bertz CT molecular complexity index is 1170. The first-order valence-corrected chi connectivity index (χ1v) is 9.82. The molecule has 4 aromatic rings. The molecule has 0 bridgehead atoms. The number of ether oxygens (including phenoxy) is 2. The second-order valence-corrected chi connectivity index (χ2v) is 8.10. The molecule has 0 aliphatic rings. The Morgan fingerprint density at radius 1 is 0.844 bits per heavy atom. The number of carbonyl (C=O) groups is 1. The molecule has 0 amide bonds. The van der Waals surface area contributed by atoms with Crippen molar-refractivity contribution in [3.63, 3.8) is 0 Å². The highest BCUT2D eigenvalue weighted by Gasteiger charge is 2.16. The number of carbonyl (C=O) groups excluding carboxylic acids is 1. The van der Waals surface area contributed by atoms with Crippen molar-refractivity contribution in [3.8, 4) is 11.5 Å². The highest BCUT2D eigenvalue weighted by molar-refractivity contribution is 5.90. The third-order valence-electron chi connectivity index (χ3n) is 4.84. The quantitative estimate of drug-likeness (QED) is 0.269. The normalized spacial score (nSPS) is 10.7. The molecule has 0 fully saturated rings. The van der Waals surface area contributed by atoms with Crippen LogP contribution >= 0.6 is 0 Å². The number of esters is 1. The van der Waals surface area contributed by atoms with Gasteiger partial charge in [-0.2, -0.15) is 0 Å². The van der Waals surface area contributed by atoms with E-state index in [0.717, 1.165) is 33.8 Å². The molecule has 5 heteroatoms. The maximum Gasteiger partial charge on any atom is 0.338 e. The van der Waals surface area contributed by atoms with Crippen molar-refractivity contribution < 1.29 is 14.3 Å². The summed E-state index contributed by atoms with van der Waals surface area (Å²) in [6.45, 7) is 0.178. The van der Waals surface area contributed by atoms with Gasteiger partial charge in [0.25, 0.3) is 0 Å². The number of quaternary nitrogens is 1. The van der Waals surface area contributed by atoms with Crippen molar-refractivity contribution in [2.75, 3.05) is 21.1 Å². The minimum absolute atomic E-state index is 0. The summed E-state index contributed by atoms with van der Waals surface area (Å²) in [5, 5.41) is 1.00. The van der Waals surface area contributed by atoms with Gasteiger partial charge in [0.2, 0.25) is 0 Å². The molecule has 168 valence electrons. The van der Waals surface area contributed by atoms with Gasteiger partial charge in [-0.3, -0.25) is 4.48 Å². The van der Waals surface area contributed by atoms with Crippen molar-refractivity contribution in [1.29, 1.82) is 0 Å². The first-order chi connectivity index (χ1) is 14.4. The minimum Gasteiger partial charge on any atom is -0.457 e. The first-order valence-electron chi connectivity index (χ1n) is 9.82. The Hall–Kier alpha value is -3.57. The molecule has 1 heterocycles. The van der Waals surface area contributed by atoms with E-state index < -0.39 is 0 Å². The van der Waals surface area contributed by atoms with Crippen LogP contribution in [0.3, 0.4) is 0 Å². The molecule has 0 atom stereocenters. The Labute approximate surface area is 190 Å². The van der Waals surface area contributed by atoms with Crippen LogP contribution in [0.2, 0.25) is 0 Å².